The van der Waals surface area contributed by atoms with Gasteiger partial charge in [0.25, 0.3) is 11.7 Å². The van der Waals surface area contributed by atoms with Gasteiger partial charge in [0.2, 0.25) is 0 Å². The van der Waals surface area contributed by atoms with E-state index in [-0.39, 0.29) is 17.5 Å². The highest BCUT2D eigenvalue weighted by Gasteiger charge is 2.46. The van der Waals surface area contributed by atoms with E-state index in [1.165, 1.54) is 0 Å². The molecule has 5 rings (SSSR count). The maximum absolute atomic E-state index is 13.2. The molecule has 0 radical (unpaired) electrons. The number of para-hydroxylation sites is 1. The van der Waals surface area contributed by atoms with E-state index < -0.39 is 17.7 Å². The predicted molar refractivity (Wildman–Crippen MR) is 139 cm³/mol. The van der Waals surface area contributed by atoms with Crippen molar-refractivity contribution in [3.63, 3.8) is 0 Å². The van der Waals surface area contributed by atoms with Gasteiger partial charge in [-0.25, -0.2) is 0 Å². The Hall–Kier alpha value is -4.45. The Kier molecular flexibility index (Phi) is 7.68. The van der Waals surface area contributed by atoms with Gasteiger partial charge in [0, 0.05) is 29.2 Å². The molecular weight excluding hydrogens is 492 g/mol. The van der Waals surface area contributed by atoms with E-state index in [1.54, 1.807) is 29.2 Å². The number of aryl methyl sites for hydroxylation is 1. The summed E-state index contributed by atoms with van der Waals surface area (Å²) in [5.41, 5.74) is 4.29. The van der Waals surface area contributed by atoms with Crippen LogP contribution >= 0.6 is 11.6 Å². The van der Waals surface area contributed by atoms with E-state index in [1.807, 2.05) is 61.7 Å². The van der Waals surface area contributed by atoms with Gasteiger partial charge in [0.05, 0.1) is 16.6 Å². The number of hydrogen-bond acceptors (Lipinski definition) is 5. The molecule has 3 aromatic carbocycles. The van der Waals surface area contributed by atoms with Crippen LogP contribution in [-0.2, 0) is 25.6 Å². The summed E-state index contributed by atoms with van der Waals surface area (Å²) in [5, 5.41) is 12.6. The summed E-state index contributed by atoms with van der Waals surface area (Å²) in [5.74, 6) is -1.59. The Morgan fingerprint density at radius 1 is 1.00 bits per heavy atom. The number of H-pyrrole nitrogens is 1. The van der Waals surface area contributed by atoms with E-state index in [2.05, 4.69) is 4.98 Å². The van der Waals surface area contributed by atoms with Crippen molar-refractivity contribution in [3.8, 4) is 0 Å². The number of benzene rings is 3. The number of aliphatic hydroxyl groups excluding tert-OH is 1. The van der Waals surface area contributed by atoms with Gasteiger partial charge in [-0.2, -0.15) is 9.59 Å². The van der Waals surface area contributed by atoms with Crippen LogP contribution < -0.4 is 0 Å². The van der Waals surface area contributed by atoms with Gasteiger partial charge in [-0.15, -0.1) is 0 Å². The van der Waals surface area contributed by atoms with Gasteiger partial charge >= 0.3 is 6.15 Å². The molecule has 8 heteroatoms. The minimum atomic E-state index is -0.707. The summed E-state index contributed by atoms with van der Waals surface area (Å²) in [7, 11) is 0. The fourth-order valence-electron chi connectivity index (χ4n) is 4.58. The second-order valence-electron chi connectivity index (χ2n) is 8.58. The molecule has 1 fully saturated rings. The van der Waals surface area contributed by atoms with Crippen LogP contribution in [0.1, 0.15) is 28.3 Å². The number of ketones is 1. The lowest BCUT2D eigenvalue weighted by molar-refractivity contribution is -0.191. The number of carbonyl (C=O) groups is 2. The van der Waals surface area contributed by atoms with Crippen LogP contribution in [0.15, 0.2) is 84.6 Å². The van der Waals surface area contributed by atoms with Crippen molar-refractivity contribution in [2.45, 2.75) is 19.4 Å². The molecule has 0 bridgehead atoms. The number of aromatic amines is 1. The van der Waals surface area contributed by atoms with Crippen molar-refractivity contribution in [2.75, 3.05) is 6.54 Å². The van der Waals surface area contributed by atoms with Crippen molar-refractivity contribution in [3.05, 3.63) is 112 Å². The molecule has 0 aliphatic carbocycles. The third kappa shape index (κ3) is 5.09. The number of aliphatic hydroxyl groups is 1. The van der Waals surface area contributed by atoms with E-state index in [0.717, 1.165) is 27.6 Å². The molecule has 186 valence electrons. The molecule has 1 aliphatic heterocycles. The van der Waals surface area contributed by atoms with Gasteiger partial charge in [0.15, 0.2) is 0 Å². The van der Waals surface area contributed by atoms with Crippen LogP contribution in [0.25, 0.3) is 16.7 Å². The van der Waals surface area contributed by atoms with Crippen molar-refractivity contribution in [2.24, 2.45) is 0 Å². The molecule has 4 aromatic rings. The number of halogens is 1. The summed E-state index contributed by atoms with van der Waals surface area (Å²) in [6.45, 7) is 2.30. The molecule has 1 aromatic heterocycles. The first-order chi connectivity index (χ1) is 17.9. The Balaban J connectivity index is 0.00000102. The minimum absolute atomic E-state index is 0.0564. The van der Waals surface area contributed by atoms with Gasteiger partial charge < -0.3 is 15.0 Å². The minimum Gasteiger partial charge on any atom is -0.507 e. The molecule has 2 heterocycles. The average molecular weight is 515 g/mol. The SMILES string of the molecule is Cc1ccc(C2C(=C(O)c3ccccc3Cl)C(=O)C(=O)N2CCc2c[nH]c3ccccc23)cc1.O=C=O. The number of nitrogens with zero attached hydrogens (tertiary/aromatic N) is 1. The lowest BCUT2D eigenvalue weighted by Crippen LogP contribution is -2.31. The number of aromatic nitrogens is 1. The summed E-state index contributed by atoms with van der Waals surface area (Å²) in [6, 6.07) is 21.7. The largest absolute Gasteiger partial charge is 0.507 e. The highest BCUT2D eigenvalue weighted by Crippen LogP contribution is 2.40. The molecule has 7 nitrogen and oxygen atoms in total. The van der Waals surface area contributed by atoms with E-state index in [9.17, 15) is 14.7 Å². The number of hydrogen-bond donors (Lipinski definition) is 2. The monoisotopic (exact) mass is 514 g/mol. The maximum atomic E-state index is 13.2. The van der Waals surface area contributed by atoms with Crippen LogP contribution in [0.5, 0.6) is 0 Å². The van der Waals surface area contributed by atoms with Crippen LogP contribution in [0.4, 0.5) is 0 Å². The van der Waals surface area contributed by atoms with Crippen LogP contribution in [-0.4, -0.2) is 39.4 Å². The van der Waals surface area contributed by atoms with Crippen LogP contribution in [0, 0.1) is 6.92 Å². The smallest absolute Gasteiger partial charge is 0.373 e. The summed E-state index contributed by atoms with van der Waals surface area (Å²) in [4.78, 5) is 47.5. The normalized spacial score (nSPS) is 16.4. The summed E-state index contributed by atoms with van der Waals surface area (Å²) in [6.07, 6.45) is 2.75. The van der Waals surface area contributed by atoms with Gasteiger partial charge in [-0.05, 0) is 42.7 Å². The number of Topliss-reactive ketones (excluding diaryl/α,β-unsaturated/α-hetero) is 1. The van der Waals surface area contributed by atoms with Crippen LogP contribution in [0.2, 0.25) is 5.02 Å². The molecule has 0 spiro atoms. The molecule has 1 atom stereocenters. The number of nitrogens with one attached hydrogen (secondary N) is 1. The Morgan fingerprint density at radius 3 is 2.35 bits per heavy atom. The summed E-state index contributed by atoms with van der Waals surface area (Å²) < 4.78 is 0. The number of carbonyl (C=O) groups excluding carboxylic acids is 4. The molecule has 0 saturated carbocycles. The number of fused-ring (bicyclic) bond motifs is 1. The van der Waals surface area contributed by atoms with E-state index in [4.69, 9.17) is 21.2 Å². The first-order valence-electron chi connectivity index (χ1n) is 11.5. The molecule has 1 aliphatic rings. The van der Waals surface area contributed by atoms with E-state index in [0.29, 0.717) is 23.6 Å². The molecule has 1 unspecified atom stereocenters. The first-order valence-corrected chi connectivity index (χ1v) is 11.9. The zero-order valence-corrected chi connectivity index (χ0v) is 20.7. The number of amides is 1. The van der Waals surface area contributed by atoms with Crippen molar-refractivity contribution >= 4 is 46.1 Å². The Bertz CT molecular complexity index is 1530. The third-order valence-electron chi connectivity index (χ3n) is 6.36. The molecule has 37 heavy (non-hydrogen) atoms. The first kappa shape index (κ1) is 25.6. The fraction of sp³-hybridized carbons (Fsp3) is 0.138. The fourth-order valence-corrected chi connectivity index (χ4v) is 4.81. The molecular formula is C29H23ClN2O5. The maximum Gasteiger partial charge on any atom is 0.373 e. The topological polar surface area (TPSA) is 108 Å². The van der Waals surface area contributed by atoms with Gasteiger partial charge in [0.1, 0.15) is 5.76 Å². The van der Waals surface area contributed by atoms with E-state index >= 15 is 0 Å². The second-order valence-corrected chi connectivity index (χ2v) is 8.98. The second kappa shape index (κ2) is 11.1. The highest BCUT2D eigenvalue weighted by atomic mass is 35.5. The lowest BCUT2D eigenvalue weighted by atomic mass is 9.94. The van der Waals surface area contributed by atoms with Crippen molar-refractivity contribution in [1.29, 1.82) is 0 Å². The third-order valence-corrected chi connectivity index (χ3v) is 6.69. The lowest BCUT2D eigenvalue weighted by Gasteiger charge is -2.25. The Labute approximate surface area is 218 Å². The van der Waals surface area contributed by atoms with Gasteiger partial charge in [-0.1, -0.05) is 71.8 Å². The van der Waals surface area contributed by atoms with Crippen molar-refractivity contribution < 1.29 is 24.3 Å². The summed E-state index contributed by atoms with van der Waals surface area (Å²) >= 11 is 6.31. The molecule has 1 saturated heterocycles. The number of likely N-dealkylation sites (tertiary alicyclic amines) is 1. The number of rotatable bonds is 5. The quantitative estimate of drug-likeness (QED) is 0.216. The predicted octanol–water partition coefficient (Wildman–Crippen LogP) is 5.21. The Morgan fingerprint density at radius 2 is 1.65 bits per heavy atom. The van der Waals surface area contributed by atoms with Gasteiger partial charge in [-0.3, -0.25) is 9.59 Å². The van der Waals surface area contributed by atoms with Crippen molar-refractivity contribution in [1.82, 2.24) is 9.88 Å². The zero-order valence-electron chi connectivity index (χ0n) is 19.9. The molecule has 1 amide bonds. The standard InChI is InChI=1S/C28H23ClN2O3.CO2/c1-17-10-12-18(13-11-17)25-24(26(32)21-7-2-4-8-22(21)29)27(33)28(34)31(25)15-14-19-16-30-23-9-5-3-6-20(19)23;2-1-3/h2-13,16,25,30,32H,14-15H2,1H3;. The molecule has 2 N–H and O–H groups in total. The van der Waals surface area contributed by atoms with Crippen LogP contribution in [0.3, 0.4) is 0 Å². The zero-order chi connectivity index (χ0) is 26.5. The highest BCUT2D eigenvalue weighted by molar-refractivity contribution is 6.47. The average Bonchev–Trinajstić information content (AvgIpc) is 3.42.